The van der Waals surface area contributed by atoms with Crippen LogP contribution < -0.4 is 10.7 Å². The Labute approximate surface area is 133 Å². The van der Waals surface area contributed by atoms with Crippen LogP contribution in [0.4, 0.5) is 0 Å². The highest BCUT2D eigenvalue weighted by molar-refractivity contribution is 7.07. The van der Waals surface area contributed by atoms with Crippen molar-refractivity contribution >= 4 is 22.2 Å². The van der Waals surface area contributed by atoms with Gasteiger partial charge in [-0.3, -0.25) is 4.79 Å². The van der Waals surface area contributed by atoms with Crippen LogP contribution in [0.5, 0.6) is 0 Å². The van der Waals surface area contributed by atoms with E-state index < -0.39 is 0 Å². The van der Waals surface area contributed by atoms with E-state index in [2.05, 4.69) is 20.7 Å². The fourth-order valence-electron chi connectivity index (χ4n) is 2.61. The molecule has 0 atom stereocenters. The summed E-state index contributed by atoms with van der Waals surface area (Å²) in [4.78, 5) is 20.0. The fourth-order valence-corrected chi connectivity index (χ4v) is 3.21. The number of pyridine rings is 1. The maximum Gasteiger partial charge on any atom is 0.189 e. The maximum absolute atomic E-state index is 12.3. The smallest absolute Gasteiger partial charge is 0.189 e. The second-order valence-corrected chi connectivity index (χ2v) is 6.23. The van der Waals surface area contributed by atoms with E-state index >= 15 is 0 Å². The third-order valence-corrected chi connectivity index (χ3v) is 4.45. The Morgan fingerprint density at radius 2 is 2.09 bits per heavy atom. The molecule has 2 N–H and O–H groups in total. The van der Waals surface area contributed by atoms with Gasteiger partial charge in [0.25, 0.3) is 0 Å². The highest BCUT2D eigenvalue weighted by Gasteiger charge is 2.07. The summed E-state index contributed by atoms with van der Waals surface area (Å²) in [6.45, 7) is 5.50. The van der Waals surface area contributed by atoms with Crippen molar-refractivity contribution in [2.24, 2.45) is 0 Å². The highest BCUT2D eigenvalue weighted by Crippen LogP contribution is 2.17. The summed E-state index contributed by atoms with van der Waals surface area (Å²) < 4.78 is 0. The van der Waals surface area contributed by atoms with Crippen LogP contribution in [0.1, 0.15) is 22.5 Å². The van der Waals surface area contributed by atoms with E-state index in [4.69, 9.17) is 0 Å². The van der Waals surface area contributed by atoms with E-state index in [0.29, 0.717) is 6.54 Å². The average Bonchev–Trinajstić information content (AvgIpc) is 3.00. The van der Waals surface area contributed by atoms with Gasteiger partial charge in [-0.25, -0.2) is 4.98 Å². The summed E-state index contributed by atoms with van der Waals surface area (Å²) in [5.74, 6) is 0. The van der Waals surface area contributed by atoms with Crippen LogP contribution in [-0.4, -0.2) is 16.5 Å². The molecule has 1 aromatic carbocycles. The van der Waals surface area contributed by atoms with Crippen LogP contribution in [0.2, 0.25) is 0 Å². The Morgan fingerprint density at radius 1 is 1.27 bits per heavy atom. The van der Waals surface area contributed by atoms with Crippen LogP contribution in [-0.2, 0) is 13.0 Å². The minimum absolute atomic E-state index is 0.0891. The lowest BCUT2D eigenvalue weighted by Gasteiger charge is -2.09. The highest BCUT2D eigenvalue weighted by atomic mass is 32.1. The lowest BCUT2D eigenvalue weighted by molar-refractivity contribution is 0.671. The van der Waals surface area contributed by atoms with Crippen molar-refractivity contribution in [2.75, 3.05) is 6.54 Å². The zero-order valence-corrected chi connectivity index (χ0v) is 13.6. The van der Waals surface area contributed by atoms with Crippen molar-refractivity contribution in [2.45, 2.75) is 26.8 Å². The predicted octanol–water partition coefficient (Wildman–Crippen LogP) is 2.93. The van der Waals surface area contributed by atoms with Crippen molar-refractivity contribution in [3.05, 3.63) is 61.8 Å². The largest absolute Gasteiger partial charge is 0.357 e. The van der Waals surface area contributed by atoms with Gasteiger partial charge in [-0.1, -0.05) is 12.1 Å². The first-order valence-corrected chi connectivity index (χ1v) is 8.29. The molecule has 5 heteroatoms. The molecule has 0 spiro atoms. The monoisotopic (exact) mass is 313 g/mol. The van der Waals surface area contributed by atoms with Gasteiger partial charge in [0.15, 0.2) is 5.43 Å². The summed E-state index contributed by atoms with van der Waals surface area (Å²) >= 11 is 1.61. The Morgan fingerprint density at radius 3 is 2.86 bits per heavy atom. The van der Waals surface area contributed by atoms with E-state index in [9.17, 15) is 4.79 Å². The van der Waals surface area contributed by atoms with Crippen LogP contribution in [0.15, 0.2) is 33.9 Å². The molecular formula is C17H19N3OS. The van der Waals surface area contributed by atoms with Gasteiger partial charge in [0.1, 0.15) is 0 Å². The number of benzene rings is 1. The Hall–Kier alpha value is -1.98. The summed E-state index contributed by atoms with van der Waals surface area (Å²) in [5.41, 5.74) is 7.03. The zero-order chi connectivity index (χ0) is 15.5. The molecule has 0 unspecified atom stereocenters. The number of rotatable bonds is 5. The number of nitrogens with zero attached hydrogens (tertiary/aromatic N) is 1. The van der Waals surface area contributed by atoms with Gasteiger partial charge in [0.2, 0.25) is 0 Å². The third kappa shape index (κ3) is 3.10. The van der Waals surface area contributed by atoms with Gasteiger partial charge in [0.05, 0.1) is 16.7 Å². The lowest BCUT2D eigenvalue weighted by atomic mass is 10.0. The summed E-state index contributed by atoms with van der Waals surface area (Å²) in [6.07, 6.45) is 0.902. The predicted molar refractivity (Wildman–Crippen MR) is 91.6 cm³/mol. The van der Waals surface area contributed by atoms with Crippen LogP contribution in [0.3, 0.4) is 0 Å². The first kappa shape index (κ1) is 14.9. The Kier molecular flexibility index (Phi) is 4.36. The normalized spacial score (nSPS) is 11.2. The summed E-state index contributed by atoms with van der Waals surface area (Å²) in [6, 6.07) is 5.75. The number of aryl methyl sites for hydroxylation is 2. The van der Waals surface area contributed by atoms with Crippen molar-refractivity contribution in [3.63, 3.8) is 0 Å². The molecule has 0 saturated carbocycles. The molecule has 0 saturated heterocycles. The van der Waals surface area contributed by atoms with E-state index in [1.807, 2.05) is 31.5 Å². The average molecular weight is 313 g/mol. The molecule has 0 radical (unpaired) electrons. The molecule has 0 aliphatic heterocycles. The van der Waals surface area contributed by atoms with Gasteiger partial charge in [-0.15, -0.1) is 11.3 Å². The topological polar surface area (TPSA) is 57.8 Å². The number of thiazole rings is 1. The van der Waals surface area contributed by atoms with E-state index in [-0.39, 0.29) is 5.43 Å². The third-order valence-electron chi connectivity index (χ3n) is 3.82. The van der Waals surface area contributed by atoms with E-state index in [1.54, 1.807) is 17.4 Å². The molecular weight excluding hydrogens is 294 g/mol. The zero-order valence-electron chi connectivity index (χ0n) is 12.8. The number of H-pyrrole nitrogens is 1. The SMILES string of the molecule is Cc1ccc(C)c2c(=O)cc(CNCCc3cscn3)[nH]c12. The molecule has 2 aromatic heterocycles. The lowest BCUT2D eigenvalue weighted by Crippen LogP contribution is -2.19. The standard InChI is InChI=1S/C17H19N3OS/c1-11-3-4-12(2)17-16(11)15(21)7-14(20-17)8-18-6-5-13-9-22-10-19-13/h3-4,7,9-10,18H,5-6,8H2,1-2H3,(H,20,21). The molecule has 0 fully saturated rings. The number of aromatic amines is 1. The van der Waals surface area contributed by atoms with Gasteiger partial charge in [-0.05, 0) is 25.0 Å². The van der Waals surface area contributed by atoms with Crippen molar-refractivity contribution < 1.29 is 0 Å². The minimum Gasteiger partial charge on any atom is -0.357 e. The van der Waals surface area contributed by atoms with Crippen molar-refractivity contribution in [3.8, 4) is 0 Å². The number of hydrogen-bond acceptors (Lipinski definition) is 4. The van der Waals surface area contributed by atoms with E-state index in [1.165, 1.54) is 0 Å². The molecule has 0 bridgehead atoms. The van der Waals surface area contributed by atoms with Crippen LogP contribution in [0, 0.1) is 13.8 Å². The molecule has 4 nitrogen and oxygen atoms in total. The fraction of sp³-hybridized carbons (Fsp3) is 0.294. The first-order chi connectivity index (χ1) is 10.6. The molecule has 22 heavy (non-hydrogen) atoms. The molecule has 114 valence electrons. The van der Waals surface area contributed by atoms with Crippen LogP contribution in [0.25, 0.3) is 10.9 Å². The van der Waals surface area contributed by atoms with Gasteiger partial charge >= 0.3 is 0 Å². The van der Waals surface area contributed by atoms with Crippen molar-refractivity contribution in [1.29, 1.82) is 0 Å². The van der Waals surface area contributed by atoms with Crippen LogP contribution >= 0.6 is 11.3 Å². The molecule has 3 rings (SSSR count). The van der Waals surface area contributed by atoms with E-state index in [0.717, 1.165) is 46.4 Å². The number of aromatic nitrogens is 2. The molecule has 0 aliphatic carbocycles. The quantitative estimate of drug-likeness (QED) is 0.712. The molecule has 0 aliphatic rings. The Bertz CT molecular complexity index is 837. The van der Waals surface area contributed by atoms with Crippen molar-refractivity contribution in [1.82, 2.24) is 15.3 Å². The van der Waals surface area contributed by atoms with Gasteiger partial charge in [0, 0.05) is 42.0 Å². The molecule has 3 aromatic rings. The second kappa shape index (κ2) is 6.42. The second-order valence-electron chi connectivity index (χ2n) is 5.51. The Balaban J connectivity index is 1.74. The molecule has 2 heterocycles. The summed E-state index contributed by atoms with van der Waals surface area (Å²) in [5, 5.41) is 6.22. The van der Waals surface area contributed by atoms with Gasteiger partial charge in [-0.2, -0.15) is 0 Å². The first-order valence-electron chi connectivity index (χ1n) is 7.35. The van der Waals surface area contributed by atoms with Gasteiger partial charge < -0.3 is 10.3 Å². The number of hydrogen-bond donors (Lipinski definition) is 2. The number of fused-ring (bicyclic) bond motifs is 1. The minimum atomic E-state index is 0.0891. The number of nitrogens with one attached hydrogen (secondary N) is 2. The maximum atomic E-state index is 12.3. The summed E-state index contributed by atoms with van der Waals surface area (Å²) in [7, 11) is 0. The molecule has 0 amide bonds.